The fourth-order valence-corrected chi connectivity index (χ4v) is 3.22. The Bertz CT molecular complexity index is 1130. The van der Waals surface area contributed by atoms with Gasteiger partial charge in [-0.3, -0.25) is 19.3 Å². The fourth-order valence-electron chi connectivity index (χ4n) is 3.22. The topological polar surface area (TPSA) is 93.0 Å². The van der Waals surface area contributed by atoms with Gasteiger partial charge in [0.05, 0.1) is 35.3 Å². The zero-order valence-corrected chi connectivity index (χ0v) is 17.6. The molecule has 1 N–H and O–H groups in total. The number of hydrogen-bond donors (Lipinski definition) is 1. The van der Waals surface area contributed by atoms with Crippen molar-refractivity contribution in [1.82, 2.24) is 24.6 Å². The van der Waals surface area contributed by atoms with Gasteiger partial charge in [-0.25, -0.2) is 4.98 Å². The number of halogens is 3. The Hall–Kier alpha value is -3.76. The Kier molecular flexibility index (Phi) is 6.28. The molecule has 0 saturated carbocycles. The van der Waals surface area contributed by atoms with Crippen molar-refractivity contribution < 1.29 is 22.8 Å². The molecule has 1 aliphatic rings. The average molecular weight is 446 g/mol. The predicted molar refractivity (Wildman–Crippen MR) is 111 cm³/mol. The monoisotopic (exact) mass is 446 g/mol. The van der Waals surface area contributed by atoms with Crippen LogP contribution >= 0.6 is 0 Å². The molecule has 0 radical (unpaired) electrons. The smallest absolute Gasteiger partial charge is 0.309 e. The number of rotatable bonds is 5. The Balaban J connectivity index is 1.91. The minimum Gasteiger partial charge on any atom is -0.309 e. The average Bonchev–Trinajstić information content (AvgIpc) is 3.16. The van der Waals surface area contributed by atoms with E-state index in [1.165, 1.54) is 41.2 Å². The summed E-state index contributed by atoms with van der Waals surface area (Å²) < 4.78 is 40.2. The highest BCUT2D eigenvalue weighted by Gasteiger charge is 2.35. The van der Waals surface area contributed by atoms with Crippen LogP contribution in [0.15, 0.2) is 54.7 Å². The summed E-state index contributed by atoms with van der Waals surface area (Å²) in [4.78, 5) is 35.4. The lowest BCUT2D eigenvalue weighted by molar-refractivity contribution is -0.0881. The summed E-state index contributed by atoms with van der Waals surface area (Å²) >= 11 is 0. The highest BCUT2D eigenvalue weighted by atomic mass is 19.4. The van der Waals surface area contributed by atoms with E-state index in [4.69, 9.17) is 0 Å². The number of anilines is 1. The second-order valence-corrected chi connectivity index (χ2v) is 7.25. The zero-order valence-electron chi connectivity index (χ0n) is 17.6. The second kappa shape index (κ2) is 8.77. The standard InChI is InChI=1S/C21H21F3N6O2/c1-5-15(21(22,23)24)7-6-13(3)29-11-14(4)30-18(20(29)32)16(9-26-30)19(31)28-17-10-25-8-12(2)27-17/h5-10,14H,1,11H2,2-4H3,(H,27,28,31)/b13-6+,15-7+/t14-/m0/s1. The third-order valence-electron chi connectivity index (χ3n) is 4.83. The van der Waals surface area contributed by atoms with Crippen molar-refractivity contribution in [2.45, 2.75) is 33.0 Å². The molecule has 3 heterocycles. The number of hydrogen-bond acceptors (Lipinski definition) is 5. The van der Waals surface area contributed by atoms with Crippen LogP contribution in [-0.2, 0) is 0 Å². The molecule has 0 saturated heterocycles. The summed E-state index contributed by atoms with van der Waals surface area (Å²) in [7, 11) is 0. The Morgan fingerprint density at radius 3 is 2.62 bits per heavy atom. The van der Waals surface area contributed by atoms with E-state index in [9.17, 15) is 22.8 Å². The maximum absolute atomic E-state index is 13.2. The molecule has 1 aliphatic heterocycles. The molecule has 11 heteroatoms. The molecular formula is C21H21F3N6O2. The summed E-state index contributed by atoms with van der Waals surface area (Å²) in [5.74, 6) is -0.926. The van der Waals surface area contributed by atoms with Crippen molar-refractivity contribution in [2.24, 2.45) is 0 Å². The third-order valence-corrected chi connectivity index (χ3v) is 4.83. The first-order valence-corrected chi connectivity index (χ1v) is 9.60. The minimum atomic E-state index is -4.56. The third kappa shape index (κ3) is 4.61. The van der Waals surface area contributed by atoms with Gasteiger partial charge in [-0.05, 0) is 32.9 Å². The number of aromatic nitrogens is 4. The van der Waals surface area contributed by atoms with Crippen LogP contribution in [0.3, 0.4) is 0 Å². The van der Waals surface area contributed by atoms with E-state index in [0.717, 1.165) is 6.08 Å². The van der Waals surface area contributed by atoms with Crippen molar-refractivity contribution in [2.75, 3.05) is 11.9 Å². The van der Waals surface area contributed by atoms with Gasteiger partial charge in [-0.15, -0.1) is 0 Å². The van der Waals surface area contributed by atoms with Gasteiger partial charge in [-0.2, -0.15) is 18.3 Å². The largest absolute Gasteiger partial charge is 0.416 e. The molecule has 0 spiro atoms. The van der Waals surface area contributed by atoms with E-state index in [1.807, 2.05) is 0 Å². The van der Waals surface area contributed by atoms with Crippen LogP contribution in [0.1, 0.15) is 46.4 Å². The van der Waals surface area contributed by atoms with Gasteiger partial charge in [0.15, 0.2) is 5.82 Å². The van der Waals surface area contributed by atoms with Gasteiger partial charge < -0.3 is 10.2 Å². The highest BCUT2D eigenvalue weighted by molar-refractivity contribution is 6.11. The molecule has 0 unspecified atom stereocenters. The molecule has 1 atom stereocenters. The van der Waals surface area contributed by atoms with Gasteiger partial charge in [-0.1, -0.05) is 12.7 Å². The van der Waals surface area contributed by atoms with Crippen LogP contribution < -0.4 is 5.32 Å². The van der Waals surface area contributed by atoms with Crippen molar-refractivity contribution in [1.29, 1.82) is 0 Å². The van der Waals surface area contributed by atoms with E-state index in [0.29, 0.717) is 11.8 Å². The summed E-state index contributed by atoms with van der Waals surface area (Å²) in [6.07, 6.45) is 2.38. The summed E-state index contributed by atoms with van der Waals surface area (Å²) in [5.41, 5.74) is 0.0217. The highest BCUT2D eigenvalue weighted by Crippen LogP contribution is 2.28. The molecular weight excluding hydrogens is 425 g/mol. The maximum Gasteiger partial charge on any atom is 0.416 e. The number of amides is 2. The van der Waals surface area contributed by atoms with Gasteiger partial charge >= 0.3 is 6.18 Å². The quantitative estimate of drug-likeness (QED) is 0.705. The summed E-state index contributed by atoms with van der Waals surface area (Å²) in [6.45, 7) is 8.38. The fraction of sp³-hybridized carbons (Fsp3) is 0.286. The summed E-state index contributed by atoms with van der Waals surface area (Å²) in [6, 6.07) is -0.308. The van der Waals surface area contributed by atoms with Crippen LogP contribution in [0.2, 0.25) is 0 Å². The van der Waals surface area contributed by atoms with Gasteiger partial charge in [0, 0.05) is 18.4 Å². The Morgan fingerprint density at radius 1 is 1.28 bits per heavy atom. The second-order valence-electron chi connectivity index (χ2n) is 7.25. The van der Waals surface area contributed by atoms with Crippen LogP contribution in [0, 0.1) is 6.92 Å². The lowest BCUT2D eigenvalue weighted by Crippen LogP contribution is -2.42. The number of aryl methyl sites for hydroxylation is 1. The van der Waals surface area contributed by atoms with Crippen molar-refractivity contribution in [3.8, 4) is 0 Å². The van der Waals surface area contributed by atoms with Crippen LogP contribution in [-0.4, -0.2) is 49.2 Å². The molecule has 0 aliphatic carbocycles. The summed E-state index contributed by atoms with van der Waals surface area (Å²) in [5, 5.41) is 6.74. The number of carbonyl (C=O) groups excluding carboxylic acids is 2. The van der Waals surface area contributed by atoms with E-state index >= 15 is 0 Å². The number of nitrogens with one attached hydrogen (secondary N) is 1. The first-order valence-electron chi connectivity index (χ1n) is 9.60. The van der Waals surface area contributed by atoms with Crippen molar-refractivity contribution in [3.63, 3.8) is 0 Å². The van der Waals surface area contributed by atoms with E-state index in [2.05, 4.69) is 27.0 Å². The van der Waals surface area contributed by atoms with Gasteiger partial charge in [0.2, 0.25) is 0 Å². The molecule has 3 rings (SSSR count). The van der Waals surface area contributed by atoms with E-state index < -0.39 is 23.6 Å². The number of allylic oxidation sites excluding steroid dienone is 5. The number of alkyl halides is 3. The van der Waals surface area contributed by atoms with Crippen LogP contribution in [0.25, 0.3) is 0 Å². The molecule has 0 aromatic carbocycles. The van der Waals surface area contributed by atoms with Gasteiger partial charge in [0.1, 0.15) is 5.69 Å². The van der Waals surface area contributed by atoms with Crippen LogP contribution in [0.4, 0.5) is 19.0 Å². The molecule has 2 amide bonds. The van der Waals surface area contributed by atoms with Gasteiger partial charge in [0.25, 0.3) is 11.8 Å². The minimum absolute atomic E-state index is 0.0280. The van der Waals surface area contributed by atoms with Crippen LogP contribution in [0.5, 0.6) is 0 Å². The normalized spacial score (nSPS) is 17.2. The lowest BCUT2D eigenvalue weighted by atomic mass is 10.1. The van der Waals surface area contributed by atoms with Crippen molar-refractivity contribution in [3.05, 3.63) is 71.6 Å². The number of carbonyl (C=O) groups is 2. The molecule has 2 aromatic heterocycles. The Labute approximate surface area is 182 Å². The Morgan fingerprint density at radius 2 is 2.00 bits per heavy atom. The van der Waals surface area contributed by atoms with E-state index in [-0.39, 0.29) is 35.4 Å². The first kappa shape index (κ1) is 22.9. The molecule has 0 bridgehead atoms. The number of fused-ring (bicyclic) bond motifs is 1. The van der Waals surface area contributed by atoms with Crippen molar-refractivity contribution >= 4 is 17.6 Å². The molecule has 0 fully saturated rings. The SMILES string of the molecule is C=C/C(=C\C=C(/C)N1C[C@H](C)n2ncc(C(=O)Nc3cncc(C)n3)c2C1=O)C(F)(F)F. The van der Waals surface area contributed by atoms with E-state index in [1.54, 1.807) is 13.8 Å². The predicted octanol–water partition coefficient (Wildman–Crippen LogP) is 3.83. The molecule has 32 heavy (non-hydrogen) atoms. The lowest BCUT2D eigenvalue weighted by Gasteiger charge is -2.32. The zero-order chi connectivity index (χ0) is 23.6. The molecule has 2 aromatic rings. The first-order chi connectivity index (χ1) is 15.0. The molecule has 8 nitrogen and oxygen atoms in total. The number of nitrogens with zero attached hydrogens (tertiary/aromatic N) is 5. The maximum atomic E-state index is 13.2. The molecule has 168 valence electrons.